The number of ether oxygens (including phenoxy) is 2. The van der Waals surface area contributed by atoms with Crippen molar-refractivity contribution in [3.05, 3.63) is 41.6 Å². The van der Waals surface area contributed by atoms with Gasteiger partial charge in [-0.1, -0.05) is 12.1 Å². The summed E-state index contributed by atoms with van der Waals surface area (Å²) in [5, 5.41) is 11.2. The second-order valence-corrected chi connectivity index (χ2v) is 10.8. The Kier molecular flexibility index (Phi) is 8.45. The maximum Gasteiger partial charge on any atom is 0.204 e. The predicted octanol–water partition coefficient (Wildman–Crippen LogP) is 3.70. The number of aromatic amines is 1. The minimum atomic E-state index is 0.279. The lowest BCUT2D eigenvalue weighted by molar-refractivity contribution is -0.119. The lowest BCUT2D eigenvalue weighted by atomic mass is 10.1. The molecular formula is C27H35N7O3S. The molecule has 10 nitrogen and oxygen atoms in total. The third kappa shape index (κ3) is 6.64. The van der Waals surface area contributed by atoms with Crippen LogP contribution in [0.1, 0.15) is 24.1 Å². The van der Waals surface area contributed by atoms with Crippen LogP contribution in [0.15, 0.2) is 40.4 Å². The summed E-state index contributed by atoms with van der Waals surface area (Å²) in [6.07, 6.45) is 2.59. The van der Waals surface area contributed by atoms with Crippen LogP contribution in [0, 0.1) is 12.8 Å². The predicted molar refractivity (Wildman–Crippen MR) is 148 cm³/mol. The SMILES string of the molecule is COCCN1CCN(c2nc(Sc3ccc(CC(=O)C4CC4)cc3)nc(Nc3cc(C)[nH]n3)c2OC)CC1. The van der Waals surface area contributed by atoms with E-state index in [-0.39, 0.29) is 5.92 Å². The number of anilines is 3. The molecule has 1 saturated heterocycles. The molecule has 38 heavy (non-hydrogen) atoms. The Bertz CT molecular complexity index is 1240. The first-order valence-electron chi connectivity index (χ1n) is 13.0. The van der Waals surface area contributed by atoms with Gasteiger partial charge in [-0.25, -0.2) is 9.97 Å². The van der Waals surface area contributed by atoms with Gasteiger partial charge in [-0.15, -0.1) is 0 Å². The maximum absolute atomic E-state index is 12.2. The van der Waals surface area contributed by atoms with Crippen LogP contribution in [0.3, 0.4) is 0 Å². The molecule has 1 aliphatic carbocycles. The van der Waals surface area contributed by atoms with Crippen molar-refractivity contribution < 1.29 is 14.3 Å². The molecule has 0 unspecified atom stereocenters. The largest absolute Gasteiger partial charge is 0.490 e. The lowest BCUT2D eigenvalue weighted by Gasteiger charge is -2.36. The maximum atomic E-state index is 12.2. The topological polar surface area (TPSA) is 108 Å². The highest BCUT2D eigenvalue weighted by Gasteiger charge is 2.29. The van der Waals surface area contributed by atoms with E-state index < -0.39 is 0 Å². The molecule has 2 N–H and O–H groups in total. The van der Waals surface area contributed by atoms with E-state index in [4.69, 9.17) is 19.4 Å². The average molecular weight is 538 g/mol. The zero-order valence-electron chi connectivity index (χ0n) is 22.2. The number of hydrogen-bond acceptors (Lipinski definition) is 10. The van der Waals surface area contributed by atoms with Crippen molar-refractivity contribution in [2.45, 2.75) is 36.2 Å². The van der Waals surface area contributed by atoms with Gasteiger partial charge in [0.25, 0.3) is 0 Å². The van der Waals surface area contributed by atoms with Crippen LogP contribution in [-0.4, -0.2) is 84.4 Å². The van der Waals surface area contributed by atoms with E-state index in [1.165, 1.54) is 11.8 Å². The number of carbonyl (C=O) groups is 1. The highest BCUT2D eigenvalue weighted by Crippen LogP contribution is 2.38. The molecule has 3 aromatic rings. The van der Waals surface area contributed by atoms with Gasteiger partial charge < -0.3 is 19.7 Å². The summed E-state index contributed by atoms with van der Waals surface area (Å²) in [6.45, 7) is 7.08. The number of piperazine rings is 1. The zero-order chi connectivity index (χ0) is 26.5. The molecule has 1 saturated carbocycles. The van der Waals surface area contributed by atoms with Gasteiger partial charge in [-0.05, 0) is 49.2 Å². The molecule has 0 atom stereocenters. The Morgan fingerprint density at radius 1 is 1.13 bits per heavy atom. The molecule has 2 fully saturated rings. The van der Waals surface area contributed by atoms with E-state index in [0.717, 1.165) is 74.1 Å². The van der Waals surface area contributed by atoms with E-state index >= 15 is 0 Å². The Morgan fingerprint density at radius 3 is 2.53 bits per heavy atom. The number of nitrogens with zero attached hydrogens (tertiary/aromatic N) is 5. The van der Waals surface area contributed by atoms with Crippen molar-refractivity contribution in [2.75, 3.05) is 63.8 Å². The molecule has 202 valence electrons. The number of rotatable bonds is 12. The van der Waals surface area contributed by atoms with Crippen molar-refractivity contribution in [1.82, 2.24) is 25.1 Å². The Balaban J connectivity index is 1.38. The van der Waals surface area contributed by atoms with Gasteiger partial charge in [0.1, 0.15) is 5.78 Å². The summed E-state index contributed by atoms with van der Waals surface area (Å²) in [7, 11) is 3.38. The summed E-state index contributed by atoms with van der Waals surface area (Å²) in [5.74, 6) is 3.21. The van der Waals surface area contributed by atoms with Crippen LogP contribution in [0.25, 0.3) is 0 Å². The minimum Gasteiger partial charge on any atom is -0.490 e. The Labute approximate surface area is 227 Å². The van der Waals surface area contributed by atoms with Crippen molar-refractivity contribution in [1.29, 1.82) is 0 Å². The number of hydrogen-bond donors (Lipinski definition) is 2. The quantitative estimate of drug-likeness (QED) is 0.332. The number of ketones is 1. The fourth-order valence-electron chi connectivity index (χ4n) is 4.49. The van der Waals surface area contributed by atoms with Crippen molar-refractivity contribution in [2.24, 2.45) is 5.92 Å². The summed E-state index contributed by atoms with van der Waals surface area (Å²) in [4.78, 5) is 27.6. The van der Waals surface area contributed by atoms with E-state index in [1.54, 1.807) is 14.2 Å². The van der Waals surface area contributed by atoms with Gasteiger partial charge in [0.15, 0.2) is 22.6 Å². The molecule has 3 heterocycles. The van der Waals surface area contributed by atoms with Crippen LogP contribution < -0.4 is 15.0 Å². The number of benzene rings is 1. The second-order valence-electron chi connectivity index (χ2n) is 9.76. The number of nitrogens with one attached hydrogen (secondary N) is 2. The first-order valence-corrected chi connectivity index (χ1v) is 13.8. The number of aryl methyl sites for hydroxylation is 1. The molecule has 1 aromatic carbocycles. The number of methoxy groups -OCH3 is 2. The van der Waals surface area contributed by atoms with Crippen LogP contribution >= 0.6 is 11.8 Å². The van der Waals surface area contributed by atoms with E-state index in [0.29, 0.717) is 34.7 Å². The minimum absolute atomic E-state index is 0.279. The standard InChI is InChI=1S/C27H35N7O3S/c1-18-16-23(32-31-18)28-25-24(37-3)26(34-12-10-33(11-13-34)14-15-36-2)30-27(29-25)38-21-8-4-19(5-9-21)17-22(35)20-6-7-20/h4-5,8-9,16,20H,6-7,10-15,17H2,1-3H3,(H2,28,29,30,31,32). The first-order chi connectivity index (χ1) is 18.5. The van der Waals surface area contributed by atoms with E-state index in [9.17, 15) is 4.79 Å². The van der Waals surface area contributed by atoms with Crippen molar-refractivity contribution in [3.63, 3.8) is 0 Å². The van der Waals surface area contributed by atoms with Crippen LogP contribution in [-0.2, 0) is 16.0 Å². The van der Waals surface area contributed by atoms with E-state index in [1.807, 2.05) is 37.3 Å². The number of aromatic nitrogens is 4. The molecule has 2 aromatic heterocycles. The van der Waals surface area contributed by atoms with Gasteiger partial charge in [-0.3, -0.25) is 14.8 Å². The zero-order valence-corrected chi connectivity index (χ0v) is 23.0. The van der Waals surface area contributed by atoms with Crippen molar-refractivity contribution >= 4 is 35.0 Å². The third-order valence-electron chi connectivity index (χ3n) is 6.81. The second kappa shape index (κ2) is 12.1. The first kappa shape index (κ1) is 26.5. The van der Waals surface area contributed by atoms with Crippen LogP contribution in [0.2, 0.25) is 0 Å². The van der Waals surface area contributed by atoms with Crippen LogP contribution in [0.4, 0.5) is 17.5 Å². The van der Waals surface area contributed by atoms with Gasteiger partial charge in [0.05, 0.1) is 13.7 Å². The van der Waals surface area contributed by atoms with Gasteiger partial charge in [0, 0.05) is 68.8 Å². The smallest absolute Gasteiger partial charge is 0.204 e. The summed E-state index contributed by atoms with van der Waals surface area (Å²) < 4.78 is 11.1. The van der Waals surface area contributed by atoms with E-state index in [2.05, 4.69) is 25.3 Å². The molecule has 0 amide bonds. The fourth-order valence-corrected chi connectivity index (χ4v) is 5.24. The summed E-state index contributed by atoms with van der Waals surface area (Å²) in [6, 6.07) is 10.0. The average Bonchev–Trinajstić information content (AvgIpc) is 3.70. The molecule has 0 spiro atoms. The fraction of sp³-hybridized carbons (Fsp3) is 0.481. The Hall–Kier alpha value is -3.15. The third-order valence-corrected chi connectivity index (χ3v) is 7.68. The number of H-pyrrole nitrogens is 1. The molecular weight excluding hydrogens is 502 g/mol. The molecule has 1 aliphatic heterocycles. The molecule has 11 heteroatoms. The van der Waals surface area contributed by atoms with Gasteiger partial charge in [0.2, 0.25) is 5.75 Å². The lowest BCUT2D eigenvalue weighted by Crippen LogP contribution is -2.47. The van der Waals surface area contributed by atoms with Gasteiger partial charge in [-0.2, -0.15) is 5.10 Å². The number of Topliss-reactive ketones (excluding diaryl/α,β-unsaturated/α-hetero) is 1. The summed E-state index contributed by atoms with van der Waals surface area (Å²) >= 11 is 1.49. The van der Waals surface area contributed by atoms with Crippen LogP contribution in [0.5, 0.6) is 5.75 Å². The summed E-state index contributed by atoms with van der Waals surface area (Å²) in [5.41, 5.74) is 1.99. The molecule has 5 rings (SSSR count). The monoisotopic (exact) mass is 537 g/mol. The molecule has 0 radical (unpaired) electrons. The normalized spacial score (nSPS) is 16.0. The number of carbonyl (C=O) groups excluding carboxylic acids is 1. The van der Waals surface area contributed by atoms with Crippen molar-refractivity contribution in [3.8, 4) is 5.75 Å². The Morgan fingerprint density at radius 2 is 1.89 bits per heavy atom. The highest BCUT2D eigenvalue weighted by molar-refractivity contribution is 7.99. The molecule has 2 aliphatic rings. The van der Waals surface area contributed by atoms with Gasteiger partial charge >= 0.3 is 0 Å². The molecule has 0 bridgehead atoms. The highest BCUT2D eigenvalue weighted by atomic mass is 32.2.